The van der Waals surface area contributed by atoms with E-state index in [1.807, 2.05) is 25.1 Å². The third-order valence-electron chi connectivity index (χ3n) is 4.93. The number of sulfonamides is 1. The standard InChI is InChI=1S/C26H25N5O6S/c1-18-7-5-8-19(17-18)11-16-38(33,34)31-23-22(37-21-10-4-3-9-20(21)35-2)26(36-15-14-32)30-25(29-23)24-27-12-6-13-28-24/h3-13,16-17,32H,14-15H2,1-2H3,(H,29,30,31)/b16-11+. The van der Waals surface area contributed by atoms with Gasteiger partial charge in [-0.3, -0.25) is 4.72 Å². The maximum absolute atomic E-state index is 13.1. The Morgan fingerprint density at radius 1 is 0.974 bits per heavy atom. The normalized spacial score (nSPS) is 11.3. The van der Waals surface area contributed by atoms with Crippen LogP contribution in [0.4, 0.5) is 5.82 Å². The third-order valence-corrected chi connectivity index (χ3v) is 5.90. The number of para-hydroxylation sites is 2. The number of hydrogen-bond acceptors (Lipinski definition) is 10. The average molecular weight is 536 g/mol. The van der Waals surface area contributed by atoms with Crippen molar-refractivity contribution in [3.8, 4) is 34.8 Å². The summed E-state index contributed by atoms with van der Waals surface area (Å²) in [4.78, 5) is 17.0. The first-order chi connectivity index (χ1) is 18.4. The van der Waals surface area contributed by atoms with Gasteiger partial charge in [-0.2, -0.15) is 4.98 Å². The first-order valence-corrected chi connectivity index (χ1v) is 12.9. The molecule has 2 aromatic carbocycles. The van der Waals surface area contributed by atoms with Gasteiger partial charge in [-0.05, 0) is 36.8 Å². The van der Waals surface area contributed by atoms with E-state index in [1.165, 1.54) is 25.6 Å². The Morgan fingerprint density at radius 3 is 2.45 bits per heavy atom. The minimum absolute atomic E-state index is 0.0220. The summed E-state index contributed by atoms with van der Waals surface area (Å²) in [5, 5.41) is 10.4. The van der Waals surface area contributed by atoms with Crippen molar-refractivity contribution in [2.24, 2.45) is 0 Å². The summed E-state index contributed by atoms with van der Waals surface area (Å²) in [7, 11) is -2.62. The van der Waals surface area contributed by atoms with Gasteiger partial charge >= 0.3 is 0 Å². The van der Waals surface area contributed by atoms with Crippen molar-refractivity contribution in [1.82, 2.24) is 19.9 Å². The molecule has 0 aliphatic carbocycles. The number of aliphatic hydroxyl groups excluding tert-OH is 1. The quantitative estimate of drug-likeness (QED) is 0.291. The molecule has 2 heterocycles. The van der Waals surface area contributed by atoms with Gasteiger partial charge in [0.2, 0.25) is 11.6 Å². The number of methoxy groups -OCH3 is 1. The van der Waals surface area contributed by atoms with E-state index < -0.39 is 10.0 Å². The maximum Gasteiger partial charge on any atom is 0.263 e. The molecule has 0 radical (unpaired) electrons. The average Bonchev–Trinajstić information content (AvgIpc) is 2.92. The molecule has 12 heteroatoms. The number of nitrogens with zero attached hydrogens (tertiary/aromatic N) is 4. The number of anilines is 1. The van der Waals surface area contributed by atoms with E-state index in [0.717, 1.165) is 11.0 Å². The van der Waals surface area contributed by atoms with Gasteiger partial charge in [-0.25, -0.2) is 23.4 Å². The van der Waals surface area contributed by atoms with Crippen LogP contribution in [-0.2, 0) is 10.0 Å². The smallest absolute Gasteiger partial charge is 0.263 e. The first-order valence-electron chi connectivity index (χ1n) is 11.4. The number of benzene rings is 2. The molecule has 0 atom stereocenters. The molecule has 4 aromatic rings. The lowest BCUT2D eigenvalue weighted by Crippen LogP contribution is -2.14. The molecule has 2 N–H and O–H groups in total. The fraction of sp³-hybridized carbons (Fsp3) is 0.154. The van der Waals surface area contributed by atoms with Crippen molar-refractivity contribution in [1.29, 1.82) is 0 Å². The fourth-order valence-corrected chi connectivity index (χ4v) is 4.08. The SMILES string of the molecule is COc1ccccc1Oc1c(NS(=O)(=O)/C=C/c2cccc(C)c2)nc(-c2ncccn2)nc1OCCO. The van der Waals surface area contributed by atoms with E-state index in [1.54, 1.807) is 36.4 Å². The second kappa shape index (κ2) is 12.1. The Bertz CT molecular complexity index is 1530. The monoisotopic (exact) mass is 535 g/mol. The van der Waals surface area contributed by atoms with Gasteiger partial charge < -0.3 is 19.3 Å². The van der Waals surface area contributed by atoms with Crippen LogP contribution in [0, 0.1) is 6.92 Å². The minimum Gasteiger partial charge on any atom is -0.493 e. The highest BCUT2D eigenvalue weighted by atomic mass is 32.2. The lowest BCUT2D eigenvalue weighted by molar-refractivity contribution is 0.192. The van der Waals surface area contributed by atoms with E-state index in [9.17, 15) is 13.5 Å². The number of aryl methyl sites for hydroxylation is 1. The molecule has 0 spiro atoms. The van der Waals surface area contributed by atoms with Gasteiger partial charge in [0.1, 0.15) is 6.61 Å². The largest absolute Gasteiger partial charge is 0.493 e. The molecule has 38 heavy (non-hydrogen) atoms. The van der Waals surface area contributed by atoms with Crippen molar-refractivity contribution in [3.63, 3.8) is 0 Å². The molecule has 2 aromatic heterocycles. The number of aliphatic hydroxyl groups is 1. The van der Waals surface area contributed by atoms with Gasteiger partial charge in [0.15, 0.2) is 23.1 Å². The van der Waals surface area contributed by atoms with E-state index in [2.05, 4.69) is 24.7 Å². The van der Waals surface area contributed by atoms with Gasteiger partial charge in [-0.1, -0.05) is 42.0 Å². The van der Waals surface area contributed by atoms with E-state index >= 15 is 0 Å². The zero-order valence-electron chi connectivity index (χ0n) is 20.6. The molecule has 4 rings (SSSR count). The summed E-state index contributed by atoms with van der Waals surface area (Å²) in [6.07, 6.45) is 4.45. The Hall–Kier alpha value is -4.55. The fourth-order valence-electron chi connectivity index (χ4n) is 3.27. The second-order valence-corrected chi connectivity index (χ2v) is 9.36. The van der Waals surface area contributed by atoms with E-state index in [0.29, 0.717) is 11.3 Å². The minimum atomic E-state index is -4.09. The highest BCUT2D eigenvalue weighted by Gasteiger charge is 2.24. The van der Waals surface area contributed by atoms with Crippen molar-refractivity contribution in [2.75, 3.05) is 25.0 Å². The van der Waals surface area contributed by atoms with Crippen LogP contribution < -0.4 is 18.9 Å². The van der Waals surface area contributed by atoms with E-state index in [4.69, 9.17) is 14.2 Å². The van der Waals surface area contributed by atoms with E-state index in [-0.39, 0.29) is 48.1 Å². The summed E-state index contributed by atoms with van der Waals surface area (Å²) in [6.45, 7) is 1.44. The van der Waals surface area contributed by atoms with Gasteiger partial charge in [0, 0.05) is 12.4 Å². The number of rotatable bonds is 11. The predicted molar refractivity (Wildman–Crippen MR) is 141 cm³/mol. The molecule has 0 bridgehead atoms. The van der Waals surface area contributed by atoms with Crippen LogP contribution in [0.3, 0.4) is 0 Å². The molecule has 0 saturated heterocycles. The van der Waals surface area contributed by atoms with Crippen molar-refractivity contribution in [3.05, 3.63) is 83.5 Å². The van der Waals surface area contributed by atoms with Crippen LogP contribution >= 0.6 is 0 Å². The van der Waals surface area contributed by atoms with Crippen LogP contribution in [0.2, 0.25) is 0 Å². The van der Waals surface area contributed by atoms with Crippen molar-refractivity contribution >= 4 is 21.9 Å². The molecule has 196 valence electrons. The molecule has 0 aliphatic heterocycles. The molecule has 0 amide bonds. The summed E-state index contributed by atoms with van der Waals surface area (Å²) in [6, 6.07) is 15.7. The summed E-state index contributed by atoms with van der Waals surface area (Å²) in [5.74, 6) is 0.233. The summed E-state index contributed by atoms with van der Waals surface area (Å²) in [5.41, 5.74) is 1.69. The predicted octanol–water partition coefficient (Wildman–Crippen LogP) is 3.83. The Kier molecular flexibility index (Phi) is 8.46. The first kappa shape index (κ1) is 26.5. The molecular weight excluding hydrogens is 510 g/mol. The number of nitrogens with one attached hydrogen (secondary N) is 1. The molecule has 0 aliphatic rings. The van der Waals surface area contributed by atoms with Crippen LogP contribution in [-0.4, -0.2) is 53.8 Å². The zero-order chi connectivity index (χ0) is 27.0. The van der Waals surface area contributed by atoms with Crippen LogP contribution in [0.25, 0.3) is 17.7 Å². The van der Waals surface area contributed by atoms with Crippen LogP contribution in [0.5, 0.6) is 23.1 Å². The van der Waals surface area contributed by atoms with Gasteiger partial charge in [-0.15, -0.1) is 0 Å². The highest BCUT2D eigenvalue weighted by molar-refractivity contribution is 7.95. The summed E-state index contributed by atoms with van der Waals surface area (Å²) >= 11 is 0. The van der Waals surface area contributed by atoms with Crippen LogP contribution in [0.1, 0.15) is 11.1 Å². The zero-order valence-corrected chi connectivity index (χ0v) is 21.4. The Morgan fingerprint density at radius 2 is 1.74 bits per heavy atom. The van der Waals surface area contributed by atoms with Crippen LogP contribution in [0.15, 0.2) is 72.4 Å². The highest BCUT2D eigenvalue weighted by Crippen LogP contribution is 2.41. The molecule has 0 unspecified atom stereocenters. The topological polar surface area (TPSA) is 146 Å². The Labute approximate surface area is 219 Å². The van der Waals surface area contributed by atoms with Gasteiger partial charge in [0.25, 0.3) is 15.9 Å². The second-order valence-electron chi connectivity index (χ2n) is 7.79. The molecular formula is C26H25N5O6S. The molecule has 0 fully saturated rings. The Balaban J connectivity index is 1.81. The summed E-state index contributed by atoms with van der Waals surface area (Å²) < 4.78 is 45.6. The lowest BCUT2D eigenvalue weighted by atomic mass is 10.1. The third kappa shape index (κ3) is 6.81. The molecule has 0 saturated carbocycles. The number of ether oxygens (including phenoxy) is 3. The van der Waals surface area contributed by atoms with Gasteiger partial charge in [0.05, 0.1) is 19.1 Å². The number of hydrogen-bond donors (Lipinski definition) is 2. The lowest BCUT2D eigenvalue weighted by Gasteiger charge is -2.17. The number of aromatic nitrogens is 4. The molecule has 11 nitrogen and oxygen atoms in total. The maximum atomic E-state index is 13.1. The van der Waals surface area contributed by atoms with Crippen molar-refractivity contribution < 1.29 is 27.7 Å². The van der Waals surface area contributed by atoms with Crippen molar-refractivity contribution in [2.45, 2.75) is 6.92 Å².